The first kappa shape index (κ1) is 17.1. The van der Waals surface area contributed by atoms with Crippen molar-refractivity contribution in [2.24, 2.45) is 5.73 Å². The first-order valence-corrected chi connectivity index (χ1v) is 7.48. The van der Waals surface area contributed by atoms with Crippen molar-refractivity contribution in [3.05, 3.63) is 53.8 Å². The molecular weight excluding hydrogens is 297 g/mol. The van der Waals surface area contributed by atoms with Gasteiger partial charge in [-0.1, -0.05) is 6.07 Å². The Morgan fingerprint density at radius 2 is 1.70 bits per heavy atom. The quantitative estimate of drug-likeness (QED) is 0.810. The van der Waals surface area contributed by atoms with Gasteiger partial charge in [0.05, 0.1) is 20.8 Å². The largest absolute Gasteiger partial charge is 0.497 e. The number of nitrogens with two attached hydrogens (primary N) is 1. The summed E-state index contributed by atoms with van der Waals surface area (Å²) in [4.78, 5) is 0. The van der Waals surface area contributed by atoms with Gasteiger partial charge in [0.1, 0.15) is 23.1 Å². The van der Waals surface area contributed by atoms with Gasteiger partial charge >= 0.3 is 0 Å². The van der Waals surface area contributed by atoms with Crippen LogP contribution in [0.5, 0.6) is 17.2 Å². The zero-order chi connectivity index (χ0) is 16.7. The molecule has 0 heterocycles. The van der Waals surface area contributed by atoms with Gasteiger partial charge in [0.25, 0.3) is 0 Å². The maximum Gasteiger partial charge on any atom is 0.126 e. The predicted molar refractivity (Wildman–Crippen MR) is 87.9 cm³/mol. The molecule has 0 bridgehead atoms. The Morgan fingerprint density at radius 3 is 2.30 bits per heavy atom. The van der Waals surface area contributed by atoms with Crippen LogP contribution >= 0.6 is 0 Å². The topological polar surface area (TPSA) is 53.7 Å². The van der Waals surface area contributed by atoms with Gasteiger partial charge in [0.2, 0.25) is 0 Å². The van der Waals surface area contributed by atoms with E-state index in [1.54, 1.807) is 26.4 Å². The van der Waals surface area contributed by atoms with E-state index in [1.165, 1.54) is 12.1 Å². The maximum absolute atomic E-state index is 12.9. The molecule has 1 atom stereocenters. The monoisotopic (exact) mass is 319 g/mol. The SMILES string of the molecule is COc1ccc(C(CN)CCOc2ccc(F)cc2)c(OC)c1. The van der Waals surface area contributed by atoms with Crippen LogP contribution in [0.1, 0.15) is 17.9 Å². The number of hydrogen-bond acceptors (Lipinski definition) is 4. The summed E-state index contributed by atoms with van der Waals surface area (Å²) >= 11 is 0. The summed E-state index contributed by atoms with van der Waals surface area (Å²) in [7, 11) is 3.24. The van der Waals surface area contributed by atoms with Crippen LogP contribution in [0, 0.1) is 5.82 Å². The van der Waals surface area contributed by atoms with Crippen LogP contribution < -0.4 is 19.9 Å². The second-order valence-corrected chi connectivity index (χ2v) is 5.13. The Bertz CT molecular complexity index is 616. The second kappa shape index (κ2) is 8.39. The lowest BCUT2D eigenvalue weighted by Crippen LogP contribution is -2.16. The minimum absolute atomic E-state index is 0.108. The molecule has 0 saturated heterocycles. The molecule has 0 radical (unpaired) electrons. The van der Waals surface area contributed by atoms with Gasteiger partial charge in [0.15, 0.2) is 0 Å². The molecule has 0 aromatic heterocycles. The lowest BCUT2D eigenvalue weighted by molar-refractivity contribution is 0.296. The Morgan fingerprint density at radius 1 is 1.00 bits per heavy atom. The molecule has 124 valence electrons. The standard InChI is InChI=1S/C18H22FNO3/c1-21-16-7-8-17(18(11-16)22-2)13(12-20)9-10-23-15-5-3-14(19)4-6-15/h3-8,11,13H,9-10,12,20H2,1-2H3. The molecule has 0 aliphatic rings. The number of rotatable bonds is 8. The van der Waals surface area contributed by atoms with Crippen LogP contribution in [0.4, 0.5) is 4.39 Å². The normalized spacial score (nSPS) is 11.8. The molecule has 0 fully saturated rings. The summed E-state index contributed by atoms with van der Waals surface area (Å²) in [5.41, 5.74) is 6.93. The highest BCUT2D eigenvalue weighted by Crippen LogP contribution is 2.32. The average Bonchev–Trinajstić information content (AvgIpc) is 2.60. The molecule has 0 aliphatic heterocycles. The number of methoxy groups -OCH3 is 2. The fourth-order valence-corrected chi connectivity index (χ4v) is 2.41. The van der Waals surface area contributed by atoms with Crippen molar-refractivity contribution in [2.75, 3.05) is 27.4 Å². The third-order valence-electron chi connectivity index (χ3n) is 3.71. The Kier molecular flexibility index (Phi) is 6.23. The van der Waals surface area contributed by atoms with Crippen molar-refractivity contribution >= 4 is 0 Å². The van der Waals surface area contributed by atoms with Crippen molar-refractivity contribution in [2.45, 2.75) is 12.3 Å². The van der Waals surface area contributed by atoms with Crippen molar-refractivity contribution < 1.29 is 18.6 Å². The van der Waals surface area contributed by atoms with E-state index in [2.05, 4.69) is 0 Å². The van der Waals surface area contributed by atoms with Gasteiger partial charge in [0, 0.05) is 12.0 Å². The molecule has 1 unspecified atom stereocenters. The summed E-state index contributed by atoms with van der Waals surface area (Å²) in [6.45, 7) is 0.970. The van der Waals surface area contributed by atoms with Gasteiger partial charge in [-0.05, 0) is 48.9 Å². The van der Waals surface area contributed by atoms with E-state index < -0.39 is 0 Å². The van der Waals surface area contributed by atoms with Crippen molar-refractivity contribution in [1.82, 2.24) is 0 Å². The zero-order valence-corrected chi connectivity index (χ0v) is 13.4. The Hall–Kier alpha value is -2.27. The van der Waals surface area contributed by atoms with E-state index >= 15 is 0 Å². The zero-order valence-electron chi connectivity index (χ0n) is 13.4. The molecule has 2 rings (SSSR count). The summed E-state index contributed by atoms with van der Waals surface area (Å²) in [6, 6.07) is 11.7. The smallest absolute Gasteiger partial charge is 0.126 e. The Balaban J connectivity index is 2.00. The molecule has 0 spiro atoms. The number of ether oxygens (including phenoxy) is 3. The first-order chi connectivity index (χ1) is 11.2. The van der Waals surface area contributed by atoms with Crippen molar-refractivity contribution in [3.63, 3.8) is 0 Å². The van der Waals surface area contributed by atoms with Gasteiger partial charge in [-0.25, -0.2) is 4.39 Å². The van der Waals surface area contributed by atoms with Crippen LogP contribution in [0.25, 0.3) is 0 Å². The molecule has 2 aromatic rings. The highest BCUT2D eigenvalue weighted by atomic mass is 19.1. The number of halogens is 1. The van der Waals surface area contributed by atoms with E-state index in [1.807, 2.05) is 18.2 Å². The second-order valence-electron chi connectivity index (χ2n) is 5.13. The van der Waals surface area contributed by atoms with Crippen molar-refractivity contribution in [3.8, 4) is 17.2 Å². The molecule has 2 aromatic carbocycles. The number of benzene rings is 2. The molecular formula is C18H22FNO3. The molecule has 0 aliphatic carbocycles. The minimum Gasteiger partial charge on any atom is -0.497 e. The average molecular weight is 319 g/mol. The maximum atomic E-state index is 12.9. The van der Waals surface area contributed by atoms with Gasteiger partial charge < -0.3 is 19.9 Å². The van der Waals surface area contributed by atoms with Gasteiger partial charge in [-0.15, -0.1) is 0 Å². The molecule has 0 saturated carbocycles. The fraction of sp³-hybridized carbons (Fsp3) is 0.333. The molecule has 4 nitrogen and oxygen atoms in total. The fourth-order valence-electron chi connectivity index (χ4n) is 2.41. The third-order valence-corrected chi connectivity index (χ3v) is 3.71. The molecule has 0 amide bonds. The van der Waals surface area contributed by atoms with Crippen LogP contribution in [0.15, 0.2) is 42.5 Å². The van der Waals surface area contributed by atoms with E-state index in [0.717, 1.165) is 23.5 Å². The van der Waals surface area contributed by atoms with Crippen LogP contribution in [-0.4, -0.2) is 27.4 Å². The highest BCUT2D eigenvalue weighted by Gasteiger charge is 2.16. The van der Waals surface area contributed by atoms with Crippen LogP contribution in [-0.2, 0) is 0 Å². The van der Waals surface area contributed by atoms with Crippen molar-refractivity contribution in [1.29, 1.82) is 0 Å². The third kappa shape index (κ3) is 4.60. The summed E-state index contributed by atoms with van der Waals surface area (Å²) in [5, 5.41) is 0. The number of hydrogen-bond donors (Lipinski definition) is 1. The van der Waals surface area contributed by atoms with Gasteiger partial charge in [-0.2, -0.15) is 0 Å². The van der Waals surface area contributed by atoms with E-state index in [9.17, 15) is 4.39 Å². The predicted octanol–water partition coefficient (Wildman–Crippen LogP) is 3.35. The van der Waals surface area contributed by atoms with E-state index in [-0.39, 0.29) is 11.7 Å². The van der Waals surface area contributed by atoms with E-state index in [0.29, 0.717) is 18.9 Å². The lowest BCUT2D eigenvalue weighted by atomic mass is 9.95. The van der Waals surface area contributed by atoms with Crippen LogP contribution in [0.3, 0.4) is 0 Å². The first-order valence-electron chi connectivity index (χ1n) is 7.48. The highest BCUT2D eigenvalue weighted by molar-refractivity contribution is 5.43. The van der Waals surface area contributed by atoms with Crippen LogP contribution in [0.2, 0.25) is 0 Å². The minimum atomic E-state index is -0.278. The molecule has 23 heavy (non-hydrogen) atoms. The van der Waals surface area contributed by atoms with Gasteiger partial charge in [-0.3, -0.25) is 0 Å². The Labute approximate surface area is 136 Å². The molecule has 2 N–H and O–H groups in total. The van der Waals surface area contributed by atoms with E-state index in [4.69, 9.17) is 19.9 Å². The lowest BCUT2D eigenvalue weighted by Gasteiger charge is -2.19. The summed E-state index contributed by atoms with van der Waals surface area (Å²) < 4.78 is 29.1. The summed E-state index contributed by atoms with van der Waals surface area (Å²) in [5.74, 6) is 1.96. The molecule has 5 heteroatoms. The summed E-state index contributed by atoms with van der Waals surface area (Å²) in [6.07, 6.45) is 0.733.